The molecule has 4 N–H and O–H groups in total. The van der Waals surface area contributed by atoms with E-state index in [1.807, 2.05) is 18.9 Å². The summed E-state index contributed by atoms with van der Waals surface area (Å²) in [4.78, 5) is 2.21. The highest BCUT2D eigenvalue weighted by atomic mass is 32.2. The van der Waals surface area contributed by atoms with E-state index in [-0.39, 0.29) is 17.0 Å². The maximum Gasteiger partial charge on any atom is 0.243 e. The van der Waals surface area contributed by atoms with E-state index >= 15 is 0 Å². The van der Waals surface area contributed by atoms with Gasteiger partial charge in [-0.25, -0.2) is 12.8 Å². The van der Waals surface area contributed by atoms with Crippen LogP contribution in [-0.2, 0) is 19.5 Å². The lowest BCUT2D eigenvalue weighted by Crippen LogP contribution is -2.54. The Balaban J connectivity index is 1.39. The highest BCUT2D eigenvalue weighted by Crippen LogP contribution is 2.29. The van der Waals surface area contributed by atoms with Gasteiger partial charge in [0.05, 0.1) is 11.0 Å². The van der Waals surface area contributed by atoms with Crippen molar-refractivity contribution in [2.45, 2.75) is 74.2 Å². The van der Waals surface area contributed by atoms with E-state index < -0.39 is 41.2 Å². The Morgan fingerprint density at radius 1 is 1.24 bits per heavy atom. The number of alkyl halides is 1. The molecular formula is C25H40FN5O6S. The third-order valence-electron chi connectivity index (χ3n) is 7.60. The molecule has 0 aliphatic carbocycles. The summed E-state index contributed by atoms with van der Waals surface area (Å²) in [5, 5.41) is 21.9. The van der Waals surface area contributed by atoms with Gasteiger partial charge in [-0.1, -0.05) is 12.1 Å². The topological polar surface area (TPSA) is 127 Å². The van der Waals surface area contributed by atoms with Gasteiger partial charge in [0.2, 0.25) is 10.0 Å². The fraction of sp³-hybridized carbons (Fsp3) is 0.680. The van der Waals surface area contributed by atoms with Gasteiger partial charge in [0.15, 0.2) is 6.29 Å². The van der Waals surface area contributed by atoms with Gasteiger partial charge in [0.25, 0.3) is 0 Å². The fourth-order valence-corrected chi connectivity index (χ4v) is 6.86. The van der Waals surface area contributed by atoms with E-state index in [1.165, 1.54) is 11.4 Å². The minimum Gasteiger partial charge on any atom is -0.386 e. The second-order valence-corrected chi connectivity index (χ2v) is 12.2. The number of nitrogens with one attached hydrogen (secondary N) is 2. The molecule has 2 saturated heterocycles. The smallest absolute Gasteiger partial charge is 0.243 e. The van der Waals surface area contributed by atoms with Gasteiger partial charge >= 0.3 is 0 Å². The summed E-state index contributed by atoms with van der Waals surface area (Å²) in [6.07, 6.45) is 1.69. The average Bonchev–Trinajstić information content (AvgIpc) is 3.61. The first-order valence-electron chi connectivity index (χ1n) is 13.1. The quantitative estimate of drug-likeness (QED) is 0.311. The molecule has 1 aromatic rings. The van der Waals surface area contributed by atoms with Gasteiger partial charge in [-0.2, -0.15) is 4.31 Å². The second-order valence-electron chi connectivity index (χ2n) is 10.2. The van der Waals surface area contributed by atoms with Crippen molar-refractivity contribution in [3.05, 3.63) is 41.7 Å². The molecule has 1 aromatic carbocycles. The normalized spacial score (nSPS) is 28.4. The van der Waals surface area contributed by atoms with Crippen molar-refractivity contribution < 1.29 is 32.5 Å². The van der Waals surface area contributed by atoms with Crippen molar-refractivity contribution in [2.24, 2.45) is 0 Å². The van der Waals surface area contributed by atoms with Crippen LogP contribution in [0.2, 0.25) is 0 Å². The summed E-state index contributed by atoms with van der Waals surface area (Å²) in [5.74, 6) is 0. The third-order valence-corrected chi connectivity index (χ3v) is 9.52. The number of benzene rings is 1. The molecule has 2 fully saturated rings. The summed E-state index contributed by atoms with van der Waals surface area (Å²) in [5.41, 5.74) is 7.54. The molecule has 38 heavy (non-hydrogen) atoms. The number of rotatable bonds is 11. The van der Waals surface area contributed by atoms with Gasteiger partial charge < -0.3 is 30.0 Å². The first-order valence-corrected chi connectivity index (χ1v) is 14.5. The number of hydrazine groups is 2. The summed E-state index contributed by atoms with van der Waals surface area (Å²) < 4.78 is 52.4. The number of hydrogen-bond donors (Lipinski definition) is 4. The Bertz CT molecular complexity index is 1050. The number of methoxy groups -OCH3 is 1. The number of halogens is 1. The van der Waals surface area contributed by atoms with E-state index in [9.17, 15) is 23.0 Å². The minimum absolute atomic E-state index is 0.160. The molecule has 0 bridgehead atoms. The highest BCUT2D eigenvalue weighted by Gasteiger charge is 2.37. The van der Waals surface area contributed by atoms with Gasteiger partial charge in [-0.15, -0.1) is 5.53 Å². The number of sulfonamides is 1. The lowest BCUT2D eigenvalue weighted by atomic mass is 9.99. The van der Waals surface area contributed by atoms with Crippen molar-refractivity contribution >= 4 is 10.0 Å². The number of ether oxygens (including phenoxy) is 2. The molecular weight excluding hydrogens is 517 g/mol. The SMILES string of the molecule is CO[C@H](c1ccc(S(=O)(=O)N2CCCC2)cc1)[C@@H](CF)N1C=C(CCN(C)[C@H]2C[C@@H](C)O[C@@H](O)[C@@H]2O)NN1. The first-order chi connectivity index (χ1) is 18.1. The molecule has 11 nitrogen and oxygen atoms in total. The number of likely N-dealkylation sites (N-methyl/N-ethyl adjacent to an activating group) is 1. The molecule has 0 amide bonds. The predicted octanol–water partition coefficient (Wildman–Crippen LogP) is 0.842. The maximum absolute atomic E-state index is 14.3. The van der Waals surface area contributed by atoms with Crippen molar-refractivity contribution in [1.82, 2.24) is 25.2 Å². The molecule has 13 heteroatoms. The molecule has 0 unspecified atom stereocenters. The maximum atomic E-state index is 14.3. The Morgan fingerprint density at radius 3 is 2.55 bits per heavy atom. The fourth-order valence-electron chi connectivity index (χ4n) is 5.34. The van der Waals surface area contributed by atoms with Gasteiger partial charge in [-0.3, -0.25) is 5.01 Å². The number of aliphatic hydroxyl groups is 2. The van der Waals surface area contributed by atoms with Crippen LogP contribution >= 0.6 is 0 Å². The van der Waals surface area contributed by atoms with E-state index in [0.29, 0.717) is 38.0 Å². The molecule has 3 aliphatic rings. The minimum atomic E-state index is -3.53. The average molecular weight is 558 g/mol. The highest BCUT2D eigenvalue weighted by molar-refractivity contribution is 7.89. The number of nitrogens with zero attached hydrogens (tertiary/aromatic N) is 3. The van der Waals surface area contributed by atoms with Crippen LogP contribution in [0.15, 0.2) is 41.1 Å². The van der Waals surface area contributed by atoms with E-state index in [0.717, 1.165) is 18.5 Å². The third kappa shape index (κ3) is 6.31. The van der Waals surface area contributed by atoms with Crippen LogP contribution in [0.25, 0.3) is 0 Å². The summed E-state index contributed by atoms with van der Waals surface area (Å²) in [6, 6.07) is 5.51. The van der Waals surface area contributed by atoms with E-state index in [2.05, 4.69) is 11.0 Å². The van der Waals surface area contributed by atoms with Crippen LogP contribution in [0, 0.1) is 0 Å². The number of hydrogen-bond acceptors (Lipinski definition) is 10. The van der Waals surface area contributed by atoms with Crippen LogP contribution in [0.5, 0.6) is 0 Å². The van der Waals surface area contributed by atoms with Crippen molar-refractivity contribution in [2.75, 3.05) is 40.5 Å². The number of aliphatic hydroxyl groups excluding tert-OH is 2. The van der Waals surface area contributed by atoms with Crippen molar-refractivity contribution in [3.8, 4) is 0 Å². The largest absolute Gasteiger partial charge is 0.386 e. The summed E-state index contributed by atoms with van der Waals surface area (Å²) >= 11 is 0. The zero-order valence-electron chi connectivity index (χ0n) is 22.2. The van der Waals surface area contributed by atoms with Crippen LogP contribution in [-0.4, -0.2) is 104 Å². The molecule has 0 aromatic heterocycles. The monoisotopic (exact) mass is 557 g/mol. The molecule has 0 spiro atoms. The zero-order valence-corrected chi connectivity index (χ0v) is 23.0. The standard InChI is InChI=1S/C25H40FN5O6S/c1-17-14-21(23(32)25(33)37-17)29(2)13-10-19-16-31(28-27-19)22(15-26)24(36-3)18-6-8-20(9-7-18)38(34,35)30-11-4-5-12-30/h6-9,16-17,21-25,27-28,32-33H,4-5,10-15H2,1-3H3/t17-,21+,22-,23-,24-,25-/m1/s1. The summed E-state index contributed by atoms with van der Waals surface area (Å²) in [7, 11) is -0.145. The predicted molar refractivity (Wildman–Crippen MR) is 138 cm³/mol. The Kier molecular flexibility index (Phi) is 9.63. The zero-order chi connectivity index (χ0) is 27.4. The van der Waals surface area contributed by atoms with Crippen molar-refractivity contribution in [3.63, 3.8) is 0 Å². The van der Waals surface area contributed by atoms with E-state index in [1.54, 1.807) is 35.5 Å². The Hall–Kier alpha value is -1.84. The van der Waals surface area contributed by atoms with Crippen LogP contribution in [0.3, 0.4) is 0 Å². The van der Waals surface area contributed by atoms with Gasteiger partial charge in [0.1, 0.15) is 24.9 Å². The van der Waals surface area contributed by atoms with Crippen molar-refractivity contribution in [1.29, 1.82) is 0 Å². The summed E-state index contributed by atoms with van der Waals surface area (Å²) in [6.45, 7) is 2.81. The molecule has 0 radical (unpaired) electrons. The van der Waals surface area contributed by atoms with Crippen LogP contribution in [0.1, 0.15) is 44.3 Å². The Morgan fingerprint density at radius 2 is 1.92 bits per heavy atom. The lowest BCUT2D eigenvalue weighted by Gasteiger charge is -2.40. The Labute approximate surface area is 224 Å². The molecule has 4 rings (SSSR count). The van der Waals surface area contributed by atoms with E-state index in [4.69, 9.17) is 9.47 Å². The lowest BCUT2D eigenvalue weighted by molar-refractivity contribution is -0.231. The first kappa shape index (κ1) is 29.2. The van der Waals surface area contributed by atoms with Gasteiger partial charge in [-0.05, 0) is 50.9 Å². The molecule has 0 saturated carbocycles. The molecule has 3 heterocycles. The molecule has 6 atom stereocenters. The van der Waals surface area contributed by atoms with Crippen LogP contribution < -0.4 is 11.0 Å². The van der Waals surface area contributed by atoms with Gasteiger partial charge in [0, 0.05) is 51.1 Å². The molecule has 214 valence electrons. The second kappa shape index (κ2) is 12.6. The van der Waals surface area contributed by atoms with Crippen LogP contribution in [0.4, 0.5) is 4.39 Å². The molecule has 3 aliphatic heterocycles.